The molecule has 1 aromatic heterocycles. The summed E-state index contributed by atoms with van der Waals surface area (Å²) < 4.78 is 2.39. The Morgan fingerprint density at radius 3 is 1.43 bits per heavy atom. The second kappa shape index (κ2) is 19.2. The Balaban J connectivity index is 0.939. The summed E-state index contributed by atoms with van der Waals surface area (Å²) in [6.07, 6.45) is 0. The van der Waals surface area contributed by atoms with Crippen LogP contribution in [0.2, 0.25) is 0 Å². The largest absolute Gasteiger partial charge is 0.310 e. The van der Waals surface area contributed by atoms with Crippen molar-refractivity contribution in [1.29, 1.82) is 0 Å². The Kier molecular flexibility index (Phi) is 11.6. The van der Waals surface area contributed by atoms with Gasteiger partial charge < -0.3 is 9.47 Å². The smallest absolute Gasteiger partial charge is 0.0725 e. The molecule has 12 aromatic carbocycles. The maximum absolute atomic E-state index is 2.54. The van der Waals surface area contributed by atoms with E-state index < -0.39 is 5.41 Å². The molecule has 0 unspecified atom stereocenters. The minimum Gasteiger partial charge on any atom is -0.310 e. The standard InChI is InChI=1S/C81H64N2/c1-79(2,3)56-40-45-66-67-46-41-57(80(4,5)6)51-75(67)81(74(66)50-56)72-34-20-17-31-65(72)70-52-60(44-47-73(70)81)82(76-35-21-18-32-68(76)64-30-16-15-29-63(64)62-28-14-13-27-61(62)54-23-9-7-10-24-54)59-42-37-53(38-43-59)55-39-48-78-71(49-55)69-33-19-22-36-77(69)83(78)58-25-11-8-12-26-58/h7-52H,1-6H3. The van der Waals surface area contributed by atoms with E-state index in [1.54, 1.807) is 0 Å². The van der Waals surface area contributed by atoms with Crippen molar-refractivity contribution < 1.29 is 0 Å². The topological polar surface area (TPSA) is 8.17 Å². The van der Waals surface area contributed by atoms with Gasteiger partial charge in [-0.25, -0.2) is 0 Å². The molecule has 0 bridgehead atoms. The van der Waals surface area contributed by atoms with Crippen molar-refractivity contribution >= 4 is 38.9 Å². The fourth-order valence-corrected chi connectivity index (χ4v) is 13.9. The fraction of sp³-hybridized carbons (Fsp3) is 0.111. The fourth-order valence-electron chi connectivity index (χ4n) is 13.9. The molecule has 0 N–H and O–H groups in total. The van der Waals surface area contributed by atoms with E-state index in [9.17, 15) is 0 Å². The van der Waals surface area contributed by atoms with Gasteiger partial charge in [-0.1, -0.05) is 260 Å². The summed E-state index contributed by atoms with van der Waals surface area (Å²) >= 11 is 0. The monoisotopic (exact) mass is 1060 g/mol. The van der Waals surface area contributed by atoms with Gasteiger partial charge in [0, 0.05) is 33.4 Å². The van der Waals surface area contributed by atoms with Gasteiger partial charge in [0.15, 0.2) is 0 Å². The van der Waals surface area contributed by atoms with Crippen molar-refractivity contribution in [2.45, 2.75) is 57.8 Å². The summed E-state index contributed by atoms with van der Waals surface area (Å²) in [6, 6.07) is 105. The van der Waals surface area contributed by atoms with Crippen molar-refractivity contribution in [1.82, 2.24) is 4.57 Å². The van der Waals surface area contributed by atoms with Crippen LogP contribution >= 0.6 is 0 Å². The van der Waals surface area contributed by atoms with Gasteiger partial charge in [0.1, 0.15) is 0 Å². The molecule has 0 saturated heterocycles. The van der Waals surface area contributed by atoms with E-state index in [0.29, 0.717) is 0 Å². The van der Waals surface area contributed by atoms with Gasteiger partial charge >= 0.3 is 0 Å². The van der Waals surface area contributed by atoms with Crippen molar-refractivity contribution in [3.8, 4) is 72.4 Å². The zero-order valence-electron chi connectivity index (χ0n) is 48.0. The Bertz CT molecular complexity index is 4610. The molecule has 2 aliphatic carbocycles. The highest BCUT2D eigenvalue weighted by molar-refractivity contribution is 6.10. The van der Waals surface area contributed by atoms with Gasteiger partial charge in [-0.15, -0.1) is 0 Å². The van der Waals surface area contributed by atoms with Crippen LogP contribution in [-0.2, 0) is 16.2 Å². The third-order valence-corrected chi connectivity index (χ3v) is 18.0. The van der Waals surface area contributed by atoms with E-state index in [2.05, 4.69) is 330 Å². The summed E-state index contributed by atoms with van der Waals surface area (Å²) in [4.78, 5) is 2.51. The highest BCUT2D eigenvalue weighted by atomic mass is 15.1. The Hall–Kier alpha value is -9.76. The van der Waals surface area contributed by atoms with E-state index in [4.69, 9.17) is 0 Å². The molecule has 1 spiro atoms. The van der Waals surface area contributed by atoms with Crippen LogP contribution in [0.3, 0.4) is 0 Å². The van der Waals surface area contributed by atoms with Gasteiger partial charge in [0.05, 0.1) is 22.1 Å². The minimum absolute atomic E-state index is 0.0341. The zero-order chi connectivity index (χ0) is 56.2. The van der Waals surface area contributed by atoms with E-state index in [1.165, 1.54) is 111 Å². The predicted molar refractivity (Wildman–Crippen MR) is 351 cm³/mol. The molecule has 2 nitrogen and oxygen atoms in total. The summed E-state index contributed by atoms with van der Waals surface area (Å²) in [5.74, 6) is 0. The average Bonchev–Trinajstić information content (AvgIpc) is 1.84. The first-order valence-electron chi connectivity index (χ1n) is 29.3. The molecule has 0 fully saturated rings. The molecule has 0 radical (unpaired) electrons. The first-order valence-corrected chi connectivity index (χ1v) is 29.3. The summed E-state index contributed by atoms with van der Waals surface area (Å²) in [6.45, 7) is 14.0. The normalized spacial score (nSPS) is 13.0. The lowest BCUT2D eigenvalue weighted by atomic mass is 9.69. The lowest BCUT2D eigenvalue weighted by molar-refractivity contribution is 0.586. The van der Waals surface area contributed by atoms with Gasteiger partial charge in [-0.2, -0.15) is 0 Å². The van der Waals surface area contributed by atoms with Crippen molar-refractivity contribution in [2.24, 2.45) is 0 Å². The predicted octanol–water partition coefficient (Wildman–Crippen LogP) is 21.9. The second-order valence-electron chi connectivity index (χ2n) is 24.8. The van der Waals surface area contributed by atoms with Crippen LogP contribution < -0.4 is 4.90 Å². The van der Waals surface area contributed by atoms with Crippen molar-refractivity contribution in [3.63, 3.8) is 0 Å². The van der Waals surface area contributed by atoms with Crippen LogP contribution in [0, 0.1) is 0 Å². The number of hydrogen-bond acceptors (Lipinski definition) is 1. The molecule has 0 atom stereocenters. The molecule has 398 valence electrons. The number of benzene rings is 12. The van der Waals surface area contributed by atoms with Crippen LogP contribution in [-0.4, -0.2) is 4.57 Å². The van der Waals surface area contributed by atoms with E-state index in [-0.39, 0.29) is 10.8 Å². The van der Waals surface area contributed by atoms with Crippen LogP contribution in [0.15, 0.2) is 279 Å². The van der Waals surface area contributed by atoms with E-state index in [1.807, 2.05) is 0 Å². The molecule has 0 aliphatic heterocycles. The maximum Gasteiger partial charge on any atom is 0.0725 e. The molecule has 1 heterocycles. The molecule has 2 heteroatoms. The van der Waals surface area contributed by atoms with Crippen LogP contribution in [0.1, 0.15) is 74.9 Å². The summed E-state index contributed by atoms with van der Waals surface area (Å²) in [7, 11) is 0. The quantitative estimate of drug-likeness (QED) is 0.147. The van der Waals surface area contributed by atoms with Gasteiger partial charge in [0.25, 0.3) is 0 Å². The SMILES string of the molecule is CC(C)(C)c1ccc2c(c1)C1(c3ccccc3-c3cc(N(c4ccc(-c5ccc6c(c5)c5ccccc5n6-c5ccccc5)cc4)c4ccccc4-c4ccccc4-c4ccccc4-c4ccccc4)ccc31)c1cc(C(C)(C)C)ccc1-2. The molecule has 2 aliphatic rings. The van der Waals surface area contributed by atoms with Crippen LogP contribution in [0.4, 0.5) is 17.1 Å². The van der Waals surface area contributed by atoms with E-state index >= 15 is 0 Å². The third-order valence-electron chi connectivity index (χ3n) is 18.0. The van der Waals surface area contributed by atoms with Gasteiger partial charge in [-0.3, -0.25) is 0 Å². The summed E-state index contributed by atoms with van der Waals surface area (Å²) in [5, 5.41) is 2.48. The molecular weight excluding hydrogens is 1000 g/mol. The van der Waals surface area contributed by atoms with Gasteiger partial charge in [0.2, 0.25) is 0 Å². The zero-order valence-corrected chi connectivity index (χ0v) is 48.0. The molecule has 83 heavy (non-hydrogen) atoms. The number of fused-ring (bicyclic) bond motifs is 13. The number of nitrogens with zero attached hydrogens (tertiary/aromatic N) is 2. The minimum atomic E-state index is -0.512. The lowest BCUT2D eigenvalue weighted by Crippen LogP contribution is -2.27. The number of rotatable bonds is 8. The second-order valence-corrected chi connectivity index (χ2v) is 24.8. The van der Waals surface area contributed by atoms with Crippen molar-refractivity contribution in [2.75, 3.05) is 4.90 Å². The number of hydrogen-bond donors (Lipinski definition) is 0. The molecule has 13 aromatic rings. The number of aromatic nitrogens is 1. The highest BCUT2D eigenvalue weighted by Gasteiger charge is 2.52. The Morgan fingerprint density at radius 1 is 0.289 bits per heavy atom. The Labute approximate surface area is 488 Å². The van der Waals surface area contributed by atoms with Crippen molar-refractivity contribution in [3.05, 3.63) is 312 Å². The lowest BCUT2D eigenvalue weighted by Gasteiger charge is -2.33. The highest BCUT2D eigenvalue weighted by Crippen LogP contribution is 2.64. The summed E-state index contributed by atoms with van der Waals surface area (Å²) in [5.41, 5.74) is 29.0. The van der Waals surface area contributed by atoms with Crippen LogP contribution in [0.25, 0.3) is 94.3 Å². The number of para-hydroxylation sites is 3. The maximum atomic E-state index is 2.54. The first kappa shape index (κ1) is 50.2. The molecule has 15 rings (SSSR count). The number of anilines is 3. The molecular formula is C81H64N2. The Morgan fingerprint density at radius 2 is 0.771 bits per heavy atom. The average molecular weight is 1070 g/mol. The van der Waals surface area contributed by atoms with E-state index in [0.717, 1.165) is 33.9 Å². The third kappa shape index (κ3) is 7.99. The molecule has 0 saturated carbocycles. The van der Waals surface area contributed by atoms with Crippen LogP contribution in [0.5, 0.6) is 0 Å². The van der Waals surface area contributed by atoms with Gasteiger partial charge in [-0.05, 0) is 166 Å². The first-order chi connectivity index (χ1) is 40.4. The molecule has 0 amide bonds.